The summed E-state index contributed by atoms with van der Waals surface area (Å²) >= 11 is 0. The molecule has 2 atom stereocenters. The Morgan fingerprint density at radius 2 is 1.71 bits per heavy atom. The van der Waals surface area contributed by atoms with Crippen molar-refractivity contribution in [2.75, 3.05) is 26.1 Å². The van der Waals surface area contributed by atoms with Gasteiger partial charge < -0.3 is 19.7 Å². The van der Waals surface area contributed by atoms with E-state index in [0.29, 0.717) is 24.6 Å². The Balaban J connectivity index is 1.74. The van der Waals surface area contributed by atoms with Crippen molar-refractivity contribution in [1.82, 2.24) is 0 Å². The largest absolute Gasteiger partial charge is 0.493 e. The number of benzene rings is 2. The lowest BCUT2D eigenvalue weighted by Crippen LogP contribution is -3.16. The van der Waals surface area contributed by atoms with Crippen LogP contribution < -0.4 is 19.7 Å². The van der Waals surface area contributed by atoms with Gasteiger partial charge in [-0.25, -0.2) is 13.2 Å². The molecule has 0 radical (unpaired) electrons. The minimum Gasteiger partial charge on any atom is -0.493 e. The van der Waals surface area contributed by atoms with Crippen LogP contribution in [0.1, 0.15) is 18.1 Å². The van der Waals surface area contributed by atoms with Crippen LogP contribution >= 0.6 is 0 Å². The molecule has 0 spiro atoms. The van der Waals surface area contributed by atoms with E-state index in [4.69, 9.17) is 9.47 Å². The summed E-state index contributed by atoms with van der Waals surface area (Å²) in [6.07, 6.45) is 0.738. The molecule has 1 amide bonds. The summed E-state index contributed by atoms with van der Waals surface area (Å²) in [5.41, 5.74) is 1.79. The molecule has 2 aromatic carbocycles. The fraction of sp³-hybridized carbons (Fsp3) is 0.350. The molecule has 5 nitrogen and oxygen atoms in total. The SMILES string of the molecule is COc1cc2c(cc1OC)C[NH+]([C@@H](C)C(=O)Nc1ccc(F)c(F)c1F)CC2. The van der Waals surface area contributed by atoms with E-state index in [1.807, 2.05) is 12.1 Å². The summed E-state index contributed by atoms with van der Waals surface area (Å²) in [7, 11) is 3.14. The van der Waals surface area contributed by atoms with Crippen LogP contribution in [0, 0.1) is 17.5 Å². The van der Waals surface area contributed by atoms with E-state index in [-0.39, 0.29) is 5.69 Å². The van der Waals surface area contributed by atoms with Crippen LogP contribution in [0.15, 0.2) is 24.3 Å². The van der Waals surface area contributed by atoms with Crippen LogP contribution in [0.5, 0.6) is 11.5 Å². The minimum atomic E-state index is -1.61. The second kappa shape index (κ2) is 8.10. The third-order valence-corrected chi connectivity index (χ3v) is 5.14. The summed E-state index contributed by atoms with van der Waals surface area (Å²) in [6.45, 7) is 2.98. The van der Waals surface area contributed by atoms with Crippen molar-refractivity contribution in [2.24, 2.45) is 0 Å². The van der Waals surface area contributed by atoms with E-state index < -0.39 is 29.4 Å². The van der Waals surface area contributed by atoms with Crippen molar-refractivity contribution in [3.63, 3.8) is 0 Å². The summed E-state index contributed by atoms with van der Waals surface area (Å²) in [6, 6.07) is 5.10. The van der Waals surface area contributed by atoms with Gasteiger partial charge in [0.15, 0.2) is 35.0 Å². The van der Waals surface area contributed by atoms with Crippen LogP contribution in [0.2, 0.25) is 0 Å². The molecule has 0 aromatic heterocycles. The number of carbonyl (C=O) groups excluding carboxylic acids is 1. The zero-order chi connectivity index (χ0) is 20.4. The number of anilines is 1. The van der Waals surface area contributed by atoms with Crippen LogP contribution in [-0.4, -0.2) is 32.7 Å². The van der Waals surface area contributed by atoms with Gasteiger partial charge in [0.1, 0.15) is 6.54 Å². The highest BCUT2D eigenvalue weighted by Gasteiger charge is 2.30. The molecule has 28 heavy (non-hydrogen) atoms. The normalized spacial score (nSPS) is 16.9. The Bertz CT molecular complexity index is 905. The minimum absolute atomic E-state index is 0.376. The van der Waals surface area contributed by atoms with Gasteiger partial charge >= 0.3 is 0 Å². The number of rotatable bonds is 5. The van der Waals surface area contributed by atoms with Gasteiger partial charge in [0.05, 0.1) is 26.5 Å². The number of hydrogen-bond acceptors (Lipinski definition) is 3. The molecule has 0 aliphatic carbocycles. The summed E-state index contributed by atoms with van der Waals surface area (Å²) < 4.78 is 50.9. The van der Waals surface area contributed by atoms with Crippen molar-refractivity contribution >= 4 is 11.6 Å². The zero-order valence-electron chi connectivity index (χ0n) is 15.9. The molecule has 0 saturated carbocycles. The van der Waals surface area contributed by atoms with Crippen molar-refractivity contribution in [3.8, 4) is 11.5 Å². The topological polar surface area (TPSA) is 52.0 Å². The standard InChI is InChI=1S/C20H21F3N2O3/c1-11(20(26)24-15-5-4-14(21)18(22)19(15)23)25-7-6-12-8-16(27-2)17(28-3)9-13(12)10-25/h4-5,8-9,11H,6-7,10H2,1-3H3,(H,24,26)/p+1/t11-/m0/s1. The first-order chi connectivity index (χ1) is 13.3. The van der Waals surface area contributed by atoms with Crippen molar-refractivity contribution in [1.29, 1.82) is 0 Å². The van der Waals surface area contributed by atoms with E-state index in [0.717, 1.165) is 34.6 Å². The van der Waals surface area contributed by atoms with E-state index in [2.05, 4.69) is 5.32 Å². The highest BCUT2D eigenvalue weighted by atomic mass is 19.2. The lowest BCUT2D eigenvalue weighted by atomic mass is 9.97. The van der Waals surface area contributed by atoms with E-state index >= 15 is 0 Å². The van der Waals surface area contributed by atoms with Gasteiger partial charge in [-0.3, -0.25) is 4.79 Å². The Labute approximate surface area is 161 Å². The maximum Gasteiger partial charge on any atom is 0.282 e. The van der Waals surface area contributed by atoms with Crippen LogP contribution in [0.4, 0.5) is 18.9 Å². The molecule has 3 rings (SSSR count). The number of carbonyl (C=O) groups is 1. The van der Waals surface area contributed by atoms with Gasteiger partial charge in [0.25, 0.3) is 5.91 Å². The maximum absolute atomic E-state index is 13.8. The number of ether oxygens (including phenoxy) is 2. The molecule has 0 saturated heterocycles. The molecule has 8 heteroatoms. The molecule has 1 aliphatic heterocycles. The predicted molar refractivity (Wildman–Crippen MR) is 97.2 cm³/mol. The van der Waals surface area contributed by atoms with Crippen molar-refractivity contribution < 1.29 is 32.3 Å². The Morgan fingerprint density at radius 3 is 2.36 bits per heavy atom. The predicted octanol–water partition coefficient (Wildman–Crippen LogP) is 2.09. The van der Waals surface area contributed by atoms with Crippen LogP contribution in [-0.2, 0) is 17.8 Å². The number of amides is 1. The third-order valence-electron chi connectivity index (χ3n) is 5.14. The molecule has 2 N–H and O–H groups in total. The highest BCUT2D eigenvalue weighted by Crippen LogP contribution is 2.31. The number of methoxy groups -OCH3 is 2. The smallest absolute Gasteiger partial charge is 0.282 e. The molecular weight excluding hydrogens is 373 g/mol. The number of fused-ring (bicyclic) bond motifs is 1. The van der Waals surface area contributed by atoms with Gasteiger partial charge in [0.2, 0.25) is 0 Å². The quantitative estimate of drug-likeness (QED) is 0.763. The first-order valence-electron chi connectivity index (χ1n) is 8.88. The summed E-state index contributed by atoms with van der Waals surface area (Å²) in [5.74, 6) is -3.51. The van der Waals surface area contributed by atoms with Crippen LogP contribution in [0.3, 0.4) is 0 Å². The monoisotopic (exact) mass is 395 g/mol. The molecule has 1 aliphatic rings. The van der Waals surface area contributed by atoms with Gasteiger partial charge in [-0.1, -0.05) is 0 Å². The zero-order valence-corrected chi connectivity index (χ0v) is 15.9. The summed E-state index contributed by atoms with van der Waals surface area (Å²) in [5, 5.41) is 2.35. The number of halogens is 3. The molecule has 2 aromatic rings. The van der Waals surface area contributed by atoms with Crippen molar-refractivity contribution in [3.05, 3.63) is 52.8 Å². The highest BCUT2D eigenvalue weighted by molar-refractivity contribution is 5.93. The first-order valence-corrected chi connectivity index (χ1v) is 8.88. The molecule has 150 valence electrons. The number of quaternary nitrogens is 1. The molecule has 0 bridgehead atoms. The first kappa shape index (κ1) is 20.0. The van der Waals surface area contributed by atoms with E-state index in [9.17, 15) is 18.0 Å². The lowest BCUT2D eigenvalue weighted by Gasteiger charge is -2.30. The Kier molecular flexibility index (Phi) is 5.79. The molecule has 0 fully saturated rings. The van der Waals surface area contributed by atoms with Gasteiger partial charge in [-0.05, 0) is 36.8 Å². The molecular formula is C20H22F3N2O3+. The lowest BCUT2D eigenvalue weighted by molar-refractivity contribution is -0.929. The third kappa shape index (κ3) is 3.77. The number of hydrogen-bond donors (Lipinski definition) is 2. The van der Waals surface area contributed by atoms with E-state index in [1.54, 1.807) is 21.1 Å². The molecule has 1 unspecified atom stereocenters. The fourth-order valence-electron chi connectivity index (χ4n) is 3.41. The van der Waals surface area contributed by atoms with Gasteiger partial charge in [0, 0.05) is 12.0 Å². The number of nitrogens with one attached hydrogen (secondary N) is 2. The fourth-order valence-corrected chi connectivity index (χ4v) is 3.41. The second-order valence-corrected chi connectivity index (χ2v) is 6.74. The Hall–Kier alpha value is -2.74. The van der Waals surface area contributed by atoms with Crippen molar-refractivity contribution in [2.45, 2.75) is 25.9 Å². The van der Waals surface area contributed by atoms with Gasteiger partial charge in [-0.2, -0.15) is 0 Å². The Morgan fingerprint density at radius 1 is 1.07 bits per heavy atom. The maximum atomic E-state index is 13.8. The van der Waals surface area contributed by atoms with Gasteiger partial charge in [-0.15, -0.1) is 0 Å². The second-order valence-electron chi connectivity index (χ2n) is 6.74. The van der Waals surface area contributed by atoms with E-state index in [1.165, 1.54) is 0 Å². The average Bonchev–Trinajstić information content (AvgIpc) is 2.71. The summed E-state index contributed by atoms with van der Waals surface area (Å²) in [4.78, 5) is 13.5. The average molecular weight is 395 g/mol. The van der Waals surface area contributed by atoms with Crippen LogP contribution in [0.25, 0.3) is 0 Å². The molecule has 1 heterocycles.